The van der Waals surface area contributed by atoms with Crippen molar-refractivity contribution < 1.29 is 13.0 Å². The van der Waals surface area contributed by atoms with Crippen LogP contribution in [0, 0.1) is 0 Å². The van der Waals surface area contributed by atoms with E-state index in [2.05, 4.69) is 9.88 Å². The Bertz CT molecular complexity index is 492. The lowest BCUT2D eigenvalue weighted by Crippen LogP contribution is -2.54. The highest BCUT2D eigenvalue weighted by atomic mass is 32.2. The van der Waals surface area contributed by atoms with E-state index in [1.165, 1.54) is 4.31 Å². The third kappa shape index (κ3) is 2.80. The van der Waals surface area contributed by atoms with Gasteiger partial charge in [0.2, 0.25) is 0 Å². The van der Waals surface area contributed by atoms with Crippen molar-refractivity contribution in [1.82, 2.24) is 9.29 Å². The van der Waals surface area contributed by atoms with Gasteiger partial charge < -0.3 is 4.90 Å². The standard InChI is InChI=1S/C11H17N3O3S/c1-2-10-9-13(11-3-5-12-6-4-11)7-8-14(10)18(15,16)17/h3-6,10H,2,7-9H2,1H3,(H,15,16,17). The van der Waals surface area contributed by atoms with E-state index in [9.17, 15) is 13.0 Å². The summed E-state index contributed by atoms with van der Waals surface area (Å²) in [6.07, 6.45) is 4.10. The fraction of sp³-hybridized carbons (Fsp3) is 0.545. The molecule has 1 unspecified atom stereocenters. The van der Waals surface area contributed by atoms with E-state index in [4.69, 9.17) is 0 Å². The number of rotatable bonds is 3. The first kappa shape index (κ1) is 13.3. The van der Waals surface area contributed by atoms with Crippen LogP contribution < -0.4 is 4.90 Å². The van der Waals surface area contributed by atoms with Gasteiger partial charge in [0, 0.05) is 43.8 Å². The summed E-state index contributed by atoms with van der Waals surface area (Å²) >= 11 is 0. The third-order valence-corrected chi connectivity index (χ3v) is 4.30. The summed E-state index contributed by atoms with van der Waals surface area (Å²) in [7, 11) is -4.10. The van der Waals surface area contributed by atoms with Gasteiger partial charge in [-0.3, -0.25) is 9.54 Å². The average Bonchev–Trinajstić information content (AvgIpc) is 2.38. The predicted octanol–water partition coefficient (Wildman–Crippen LogP) is 0.785. The lowest BCUT2D eigenvalue weighted by atomic mass is 10.1. The normalized spacial score (nSPS) is 22.1. The molecule has 6 nitrogen and oxygen atoms in total. The molecule has 0 saturated carbocycles. The summed E-state index contributed by atoms with van der Waals surface area (Å²) < 4.78 is 32.8. The van der Waals surface area contributed by atoms with Gasteiger partial charge in [-0.25, -0.2) is 0 Å². The molecule has 0 aliphatic carbocycles. The second-order valence-corrected chi connectivity index (χ2v) is 5.67. The molecule has 1 saturated heterocycles. The lowest BCUT2D eigenvalue weighted by molar-refractivity contribution is 0.256. The number of hydrogen-bond donors (Lipinski definition) is 1. The number of nitrogens with zero attached hydrogens (tertiary/aromatic N) is 3. The largest absolute Gasteiger partial charge is 0.369 e. The van der Waals surface area contributed by atoms with Crippen molar-refractivity contribution in [3.05, 3.63) is 24.5 Å². The van der Waals surface area contributed by atoms with Crippen molar-refractivity contribution in [2.75, 3.05) is 24.5 Å². The van der Waals surface area contributed by atoms with Crippen molar-refractivity contribution in [2.24, 2.45) is 0 Å². The zero-order valence-corrected chi connectivity index (χ0v) is 11.0. The molecule has 0 bridgehead atoms. The molecule has 2 rings (SSSR count). The highest BCUT2D eigenvalue weighted by Gasteiger charge is 2.32. The Balaban J connectivity index is 2.15. The number of anilines is 1. The molecule has 1 aromatic rings. The SMILES string of the molecule is CCC1CN(c2ccncc2)CCN1S(=O)(=O)O. The number of aromatic nitrogens is 1. The van der Waals surface area contributed by atoms with Crippen molar-refractivity contribution in [3.63, 3.8) is 0 Å². The summed E-state index contributed by atoms with van der Waals surface area (Å²) in [5, 5.41) is 0. The van der Waals surface area contributed by atoms with Gasteiger partial charge in [-0.2, -0.15) is 12.7 Å². The highest BCUT2D eigenvalue weighted by Crippen LogP contribution is 2.21. The number of pyridine rings is 1. The summed E-state index contributed by atoms with van der Waals surface area (Å²) in [6, 6.07) is 3.60. The van der Waals surface area contributed by atoms with Crippen LogP contribution in [0.25, 0.3) is 0 Å². The maximum absolute atomic E-state index is 11.3. The molecule has 18 heavy (non-hydrogen) atoms. The van der Waals surface area contributed by atoms with E-state index in [0.29, 0.717) is 26.1 Å². The molecular formula is C11H17N3O3S. The van der Waals surface area contributed by atoms with Gasteiger partial charge in [-0.05, 0) is 18.6 Å². The number of hydrogen-bond acceptors (Lipinski definition) is 4. The van der Waals surface area contributed by atoms with Gasteiger partial charge in [0.1, 0.15) is 0 Å². The predicted molar refractivity (Wildman–Crippen MR) is 68.8 cm³/mol. The fourth-order valence-corrected chi connectivity index (χ4v) is 3.17. The number of piperazine rings is 1. The molecule has 0 amide bonds. The zero-order valence-electron chi connectivity index (χ0n) is 10.2. The maximum Gasteiger partial charge on any atom is 0.336 e. The van der Waals surface area contributed by atoms with Crippen LogP contribution in [0.5, 0.6) is 0 Å². The van der Waals surface area contributed by atoms with Crippen LogP contribution in [0.4, 0.5) is 5.69 Å². The maximum atomic E-state index is 11.3. The Morgan fingerprint density at radius 2 is 2.06 bits per heavy atom. The summed E-state index contributed by atoms with van der Waals surface area (Å²) in [5.41, 5.74) is 1.03. The summed E-state index contributed by atoms with van der Waals surface area (Å²) in [5.74, 6) is 0. The molecule has 100 valence electrons. The van der Waals surface area contributed by atoms with Crippen molar-refractivity contribution in [1.29, 1.82) is 0 Å². The van der Waals surface area contributed by atoms with Gasteiger partial charge in [0.15, 0.2) is 0 Å². The van der Waals surface area contributed by atoms with Gasteiger partial charge in [0.25, 0.3) is 0 Å². The average molecular weight is 271 g/mol. The topological polar surface area (TPSA) is 73.7 Å². The van der Waals surface area contributed by atoms with Crippen LogP contribution in [0.3, 0.4) is 0 Å². The van der Waals surface area contributed by atoms with Crippen LogP contribution in [-0.4, -0.2) is 47.9 Å². The Kier molecular flexibility index (Phi) is 3.84. The van der Waals surface area contributed by atoms with Gasteiger partial charge in [-0.15, -0.1) is 0 Å². The minimum atomic E-state index is -4.10. The summed E-state index contributed by atoms with van der Waals surface area (Å²) in [6.45, 7) is 3.37. The van der Waals surface area contributed by atoms with Gasteiger partial charge >= 0.3 is 10.3 Å². The first-order valence-electron chi connectivity index (χ1n) is 5.91. The quantitative estimate of drug-likeness (QED) is 0.823. The first-order valence-corrected chi connectivity index (χ1v) is 7.31. The van der Waals surface area contributed by atoms with E-state index in [1.54, 1.807) is 12.4 Å². The van der Waals surface area contributed by atoms with Gasteiger partial charge in [0.05, 0.1) is 0 Å². The Labute approximate surface area is 107 Å². The van der Waals surface area contributed by atoms with Crippen LogP contribution >= 0.6 is 0 Å². The van der Waals surface area contributed by atoms with E-state index in [-0.39, 0.29) is 6.04 Å². The van der Waals surface area contributed by atoms with Crippen molar-refractivity contribution in [2.45, 2.75) is 19.4 Å². The molecular weight excluding hydrogens is 254 g/mol. The molecule has 1 N–H and O–H groups in total. The minimum Gasteiger partial charge on any atom is -0.369 e. The first-order chi connectivity index (χ1) is 8.52. The Hall–Kier alpha value is -1.18. The third-order valence-electron chi connectivity index (χ3n) is 3.22. The second-order valence-electron chi connectivity index (χ2n) is 4.30. The van der Waals surface area contributed by atoms with Crippen LogP contribution in [-0.2, 0) is 10.3 Å². The van der Waals surface area contributed by atoms with Gasteiger partial charge in [-0.1, -0.05) is 6.92 Å². The zero-order chi connectivity index (χ0) is 13.2. The van der Waals surface area contributed by atoms with Crippen LogP contribution in [0.2, 0.25) is 0 Å². The molecule has 7 heteroatoms. The molecule has 1 aromatic heterocycles. The second kappa shape index (κ2) is 5.21. The molecule has 0 spiro atoms. The Morgan fingerprint density at radius 3 is 2.61 bits per heavy atom. The van der Waals surface area contributed by atoms with E-state index < -0.39 is 10.3 Å². The lowest BCUT2D eigenvalue weighted by Gasteiger charge is -2.39. The molecule has 2 heterocycles. The summed E-state index contributed by atoms with van der Waals surface area (Å²) in [4.78, 5) is 6.07. The fourth-order valence-electron chi connectivity index (χ4n) is 2.26. The molecule has 1 fully saturated rings. The van der Waals surface area contributed by atoms with Crippen LogP contribution in [0.15, 0.2) is 24.5 Å². The molecule has 0 aromatic carbocycles. The monoisotopic (exact) mass is 271 g/mol. The van der Waals surface area contributed by atoms with Crippen LogP contribution in [0.1, 0.15) is 13.3 Å². The molecule has 1 aliphatic heterocycles. The molecule has 0 radical (unpaired) electrons. The Morgan fingerprint density at radius 1 is 1.39 bits per heavy atom. The molecule has 1 atom stereocenters. The van der Waals surface area contributed by atoms with E-state index in [0.717, 1.165) is 5.69 Å². The van der Waals surface area contributed by atoms with Crippen molar-refractivity contribution >= 4 is 16.0 Å². The van der Waals surface area contributed by atoms with E-state index in [1.807, 2.05) is 19.1 Å². The minimum absolute atomic E-state index is 0.193. The highest BCUT2D eigenvalue weighted by molar-refractivity contribution is 7.83. The smallest absolute Gasteiger partial charge is 0.336 e. The van der Waals surface area contributed by atoms with Crippen molar-refractivity contribution in [3.8, 4) is 0 Å². The van der Waals surface area contributed by atoms with E-state index >= 15 is 0 Å². The molecule has 1 aliphatic rings.